The summed E-state index contributed by atoms with van der Waals surface area (Å²) < 4.78 is 0. The van der Waals surface area contributed by atoms with E-state index in [1.165, 1.54) is 19.3 Å². The number of nitrogens with zero attached hydrogens (tertiary/aromatic N) is 1. The third-order valence-electron chi connectivity index (χ3n) is 2.99. The molecule has 1 aliphatic carbocycles. The summed E-state index contributed by atoms with van der Waals surface area (Å²) in [7, 11) is 1.62. The van der Waals surface area contributed by atoms with Crippen molar-refractivity contribution in [3.63, 3.8) is 0 Å². The highest BCUT2D eigenvalue weighted by molar-refractivity contribution is 5.88. The molecule has 4 nitrogen and oxygen atoms in total. The Hall–Kier alpha value is -1.06. The van der Waals surface area contributed by atoms with E-state index in [0.29, 0.717) is 11.8 Å². The first-order chi connectivity index (χ1) is 7.15. The van der Waals surface area contributed by atoms with Gasteiger partial charge in [-0.1, -0.05) is 19.3 Å². The minimum Gasteiger partial charge on any atom is -0.387 e. The number of amides is 1. The third kappa shape index (κ3) is 3.53. The van der Waals surface area contributed by atoms with Gasteiger partial charge in [-0.25, -0.2) is 0 Å². The summed E-state index contributed by atoms with van der Waals surface area (Å²) in [6.45, 7) is 1.77. The highest BCUT2D eigenvalue weighted by atomic mass is 16.2. The summed E-state index contributed by atoms with van der Waals surface area (Å²) in [4.78, 5) is 15.5. The predicted molar refractivity (Wildman–Crippen MR) is 61.7 cm³/mol. The SMILES string of the molecule is CNC(=O)C(C)N=C(N)C1CCCCC1. The lowest BCUT2D eigenvalue weighted by molar-refractivity contribution is -0.121. The van der Waals surface area contributed by atoms with Gasteiger partial charge in [0, 0.05) is 13.0 Å². The van der Waals surface area contributed by atoms with Crippen LogP contribution >= 0.6 is 0 Å². The van der Waals surface area contributed by atoms with Crippen LogP contribution in [0.5, 0.6) is 0 Å². The van der Waals surface area contributed by atoms with Crippen LogP contribution in [-0.2, 0) is 4.79 Å². The highest BCUT2D eigenvalue weighted by Gasteiger charge is 2.18. The Morgan fingerprint density at radius 1 is 1.40 bits per heavy atom. The van der Waals surface area contributed by atoms with E-state index in [4.69, 9.17) is 5.73 Å². The first kappa shape index (κ1) is 12.0. The molecule has 0 aromatic heterocycles. The van der Waals surface area contributed by atoms with Gasteiger partial charge in [-0.3, -0.25) is 9.79 Å². The molecule has 4 heteroatoms. The van der Waals surface area contributed by atoms with E-state index >= 15 is 0 Å². The maximum Gasteiger partial charge on any atom is 0.244 e. The van der Waals surface area contributed by atoms with Gasteiger partial charge in [0.1, 0.15) is 6.04 Å². The number of likely N-dealkylation sites (N-methyl/N-ethyl adjacent to an activating group) is 1. The van der Waals surface area contributed by atoms with E-state index in [2.05, 4.69) is 10.3 Å². The third-order valence-corrected chi connectivity index (χ3v) is 2.99. The standard InChI is InChI=1S/C11H21N3O/c1-8(11(15)13-2)14-10(12)9-6-4-3-5-7-9/h8-9H,3-7H2,1-2H3,(H2,12,14)(H,13,15). The Morgan fingerprint density at radius 2 is 2.00 bits per heavy atom. The second kappa shape index (κ2) is 5.73. The monoisotopic (exact) mass is 211 g/mol. The molecule has 0 saturated heterocycles. The molecule has 0 radical (unpaired) electrons. The van der Waals surface area contributed by atoms with Crippen molar-refractivity contribution in [2.45, 2.75) is 45.1 Å². The fourth-order valence-electron chi connectivity index (χ4n) is 1.99. The van der Waals surface area contributed by atoms with Gasteiger partial charge in [-0.15, -0.1) is 0 Å². The molecule has 86 valence electrons. The van der Waals surface area contributed by atoms with Crippen molar-refractivity contribution < 1.29 is 4.79 Å². The topological polar surface area (TPSA) is 67.5 Å². The van der Waals surface area contributed by atoms with Gasteiger partial charge >= 0.3 is 0 Å². The molecule has 1 atom stereocenters. The van der Waals surface area contributed by atoms with Crippen LogP contribution in [-0.4, -0.2) is 24.8 Å². The van der Waals surface area contributed by atoms with Crippen molar-refractivity contribution in [2.75, 3.05) is 7.05 Å². The van der Waals surface area contributed by atoms with Crippen LogP contribution in [0.3, 0.4) is 0 Å². The molecule has 0 spiro atoms. The van der Waals surface area contributed by atoms with Crippen molar-refractivity contribution in [3.05, 3.63) is 0 Å². The molecule has 0 aromatic carbocycles. The van der Waals surface area contributed by atoms with Crippen LogP contribution in [0.4, 0.5) is 0 Å². The number of carbonyl (C=O) groups excluding carboxylic acids is 1. The lowest BCUT2D eigenvalue weighted by Gasteiger charge is -2.21. The molecule has 1 amide bonds. The van der Waals surface area contributed by atoms with Gasteiger partial charge in [0.25, 0.3) is 0 Å². The predicted octanol–water partition coefficient (Wildman–Crippen LogP) is 1.06. The molecule has 1 fully saturated rings. The number of carbonyl (C=O) groups is 1. The number of rotatable bonds is 3. The molecule has 3 N–H and O–H groups in total. The fourth-order valence-corrected chi connectivity index (χ4v) is 1.99. The lowest BCUT2D eigenvalue weighted by Crippen LogP contribution is -2.33. The summed E-state index contributed by atoms with van der Waals surface area (Å²) in [6.07, 6.45) is 6.00. The average molecular weight is 211 g/mol. The van der Waals surface area contributed by atoms with Crippen LogP contribution in [0.2, 0.25) is 0 Å². The van der Waals surface area contributed by atoms with Gasteiger partial charge in [0.15, 0.2) is 0 Å². The maximum atomic E-state index is 11.3. The zero-order chi connectivity index (χ0) is 11.3. The molecule has 0 heterocycles. The number of nitrogens with one attached hydrogen (secondary N) is 1. The van der Waals surface area contributed by atoms with Crippen molar-refractivity contribution in [3.8, 4) is 0 Å². The second-order valence-corrected chi connectivity index (χ2v) is 4.18. The van der Waals surface area contributed by atoms with Crippen LogP contribution < -0.4 is 11.1 Å². The Balaban J connectivity index is 2.53. The Morgan fingerprint density at radius 3 is 2.53 bits per heavy atom. The highest BCUT2D eigenvalue weighted by Crippen LogP contribution is 2.23. The largest absolute Gasteiger partial charge is 0.387 e. The molecule has 1 rings (SSSR count). The Labute approximate surface area is 91.3 Å². The number of hydrogen-bond acceptors (Lipinski definition) is 2. The molecular weight excluding hydrogens is 190 g/mol. The lowest BCUT2D eigenvalue weighted by atomic mass is 9.88. The number of amidine groups is 1. The van der Waals surface area contributed by atoms with E-state index in [1.54, 1.807) is 14.0 Å². The van der Waals surface area contributed by atoms with Gasteiger partial charge in [-0.05, 0) is 19.8 Å². The van der Waals surface area contributed by atoms with Crippen molar-refractivity contribution in [1.29, 1.82) is 0 Å². The number of nitrogens with two attached hydrogens (primary N) is 1. The van der Waals surface area contributed by atoms with E-state index in [0.717, 1.165) is 12.8 Å². The minimum atomic E-state index is -0.364. The normalized spacial score (nSPS) is 21.1. The van der Waals surface area contributed by atoms with Gasteiger partial charge in [-0.2, -0.15) is 0 Å². The summed E-state index contributed by atoms with van der Waals surface area (Å²) in [5.41, 5.74) is 5.91. The summed E-state index contributed by atoms with van der Waals surface area (Å²) in [6, 6.07) is -0.364. The first-order valence-electron chi connectivity index (χ1n) is 5.70. The zero-order valence-electron chi connectivity index (χ0n) is 9.62. The molecule has 1 aliphatic rings. The van der Waals surface area contributed by atoms with Gasteiger partial charge in [0.2, 0.25) is 5.91 Å². The molecule has 15 heavy (non-hydrogen) atoms. The summed E-state index contributed by atoms with van der Waals surface area (Å²) >= 11 is 0. The molecule has 0 bridgehead atoms. The Kier molecular flexibility index (Phi) is 4.59. The second-order valence-electron chi connectivity index (χ2n) is 4.18. The van der Waals surface area contributed by atoms with E-state index in [-0.39, 0.29) is 11.9 Å². The molecule has 1 saturated carbocycles. The van der Waals surface area contributed by atoms with E-state index < -0.39 is 0 Å². The zero-order valence-corrected chi connectivity index (χ0v) is 9.62. The van der Waals surface area contributed by atoms with E-state index in [9.17, 15) is 4.79 Å². The van der Waals surface area contributed by atoms with Crippen LogP contribution in [0, 0.1) is 5.92 Å². The summed E-state index contributed by atoms with van der Waals surface area (Å²) in [5.74, 6) is 0.977. The van der Waals surface area contributed by atoms with Crippen molar-refractivity contribution >= 4 is 11.7 Å². The summed E-state index contributed by atoms with van der Waals surface area (Å²) in [5, 5.41) is 2.57. The van der Waals surface area contributed by atoms with Crippen molar-refractivity contribution in [2.24, 2.45) is 16.6 Å². The van der Waals surface area contributed by atoms with Crippen LogP contribution in [0.25, 0.3) is 0 Å². The maximum absolute atomic E-state index is 11.3. The number of aliphatic imine (C=N–C) groups is 1. The minimum absolute atomic E-state index is 0.0752. The molecular formula is C11H21N3O. The molecule has 0 aromatic rings. The van der Waals surface area contributed by atoms with E-state index in [1.807, 2.05) is 0 Å². The smallest absolute Gasteiger partial charge is 0.244 e. The molecule has 0 aliphatic heterocycles. The van der Waals surface area contributed by atoms with Gasteiger partial charge in [0.05, 0.1) is 5.84 Å². The average Bonchev–Trinajstić information content (AvgIpc) is 2.29. The quantitative estimate of drug-likeness (QED) is 0.541. The first-order valence-corrected chi connectivity index (χ1v) is 5.70. The van der Waals surface area contributed by atoms with Crippen molar-refractivity contribution in [1.82, 2.24) is 5.32 Å². The Bertz CT molecular complexity index is 244. The number of hydrogen-bond donors (Lipinski definition) is 2. The molecule has 1 unspecified atom stereocenters. The fraction of sp³-hybridized carbons (Fsp3) is 0.818. The van der Waals surface area contributed by atoms with Crippen LogP contribution in [0.1, 0.15) is 39.0 Å². The van der Waals surface area contributed by atoms with Gasteiger partial charge < -0.3 is 11.1 Å². The van der Waals surface area contributed by atoms with Crippen LogP contribution in [0.15, 0.2) is 4.99 Å².